The van der Waals surface area contributed by atoms with Crippen molar-refractivity contribution in [2.75, 3.05) is 0 Å². The molecule has 142 valence electrons. The highest BCUT2D eigenvalue weighted by atomic mass is 35.5. The van der Waals surface area contributed by atoms with Crippen molar-refractivity contribution in [2.45, 2.75) is 33.7 Å². The molecule has 4 nitrogen and oxygen atoms in total. The largest absolute Gasteiger partial charge is 0.344 e. The first-order valence-corrected chi connectivity index (χ1v) is 9.19. The summed E-state index contributed by atoms with van der Waals surface area (Å²) in [6, 6.07) is 16.5. The molecule has 0 heterocycles. The lowest BCUT2D eigenvalue weighted by Gasteiger charge is -2.21. The van der Waals surface area contributed by atoms with Crippen LogP contribution in [0, 0.1) is 5.41 Å². The molecule has 0 aliphatic rings. The van der Waals surface area contributed by atoms with E-state index in [1.54, 1.807) is 51.1 Å². The Morgan fingerprint density at radius 3 is 2.15 bits per heavy atom. The average Bonchev–Trinajstić information content (AvgIpc) is 2.62. The van der Waals surface area contributed by atoms with Crippen LogP contribution in [0.5, 0.6) is 0 Å². The average molecular weight is 385 g/mol. The molecule has 0 bridgehead atoms. The van der Waals surface area contributed by atoms with Crippen molar-refractivity contribution >= 4 is 29.5 Å². The number of carbonyl (C=O) groups is 2. The molecule has 27 heavy (non-hydrogen) atoms. The minimum Gasteiger partial charge on any atom is -0.344 e. The van der Waals surface area contributed by atoms with E-state index in [0.717, 1.165) is 11.1 Å². The van der Waals surface area contributed by atoms with Crippen molar-refractivity contribution in [3.8, 4) is 0 Å². The molecule has 0 aromatic heterocycles. The summed E-state index contributed by atoms with van der Waals surface area (Å²) in [5, 5.41) is 6.30. The molecular weight excluding hydrogens is 360 g/mol. The number of nitrogens with one attached hydrogen (secondary N) is 2. The van der Waals surface area contributed by atoms with Crippen molar-refractivity contribution in [2.24, 2.45) is 5.41 Å². The predicted octanol–water partition coefficient (Wildman–Crippen LogP) is 4.72. The van der Waals surface area contributed by atoms with E-state index in [-0.39, 0.29) is 23.6 Å². The molecule has 2 N–H and O–H groups in total. The SMILES string of the molecule is CC(NC(=O)/C(=C/c1ccc(Cl)cc1)NC(=O)C(C)(C)C)c1ccccc1. The van der Waals surface area contributed by atoms with Crippen LogP contribution in [0.4, 0.5) is 0 Å². The number of amides is 2. The van der Waals surface area contributed by atoms with Gasteiger partial charge in [0.05, 0.1) is 6.04 Å². The molecule has 0 saturated carbocycles. The highest BCUT2D eigenvalue weighted by molar-refractivity contribution is 6.30. The standard InChI is InChI=1S/C22H25ClN2O2/c1-15(17-8-6-5-7-9-17)24-20(26)19(25-21(27)22(2,3)4)14-16-10-12-18(23)13-11-16/h5-15H,1-4H3,(H,24,26)(H,25,27)/b19-14-. The number of benzene rings is 2. The van der Waals surface area contributed by atoms with Gasteiger partial charge in [-0.25, -0.2) is 0 Å². The second kappa shape index (κ2) is 8.87. The van der Waals surface area contributed by atoms with E-state index in [0.29, 0.717) is 5.02 Å². The molecule has 0 spiro atoms. The highest BCUT2D eigenvalue weighted by Gasteiger charge is 2.24. The smallest absolute Gasteiger partial charge is 0.268 e. The van der Waals surface area contributed by atoms with Crippen molar-refractivity contribution in [3.63, 3.8) is 0 Å². The van der Waals surface area contributed by atoms with Gasteiger partial charge in [0, 0.05) is 10.4 Å². The Hall–Kier alpha value is -2.59. The molecular formula is C22H25ClN2O2. The van der Waals surface area contributed by atoms with E-state index < -0.39 is 5.41 Å². The molecule has 0 aliphatic heterocycles. The van der Waals surface area contributed by atoms with Gasteiger partial charge in [0.15, 0.2) is 0 Å². The van der Waals surface area contributed by atoms with Gasteiger partial charge in [-0.2, -0.15) is 0 Å². The Bertz CT molecular complexity index is 822. The first-order valence-electron chi connectivity index (χ1n) is 8.81. The molecule has 5 heteroatoms. The van der Waals surface area contributed by atoms with Gasteiger partial charge in [0.25, 0.3) is 5.91 Å². The normalized spacial score (nSPS) is 13.0. The van der Waals surface area contributed by atoms with Gasteiger partial charge in [0.1, 0.15) is 5.70 Å². The third-order valence-electron chi connectivity index (χ3n) is 4.00. The Labute approximate surface area is 165 Å². The Balaban J connectivity index is 2.26. The zero-order chi connectivity index (χ0) is 20.0. The topological polar surface area (TPSA) is 58.2 Å². The summed E-state index contributed by atoms with van der Waals surface area (Å²) < 4.78 is 0. The Morgan fingerprint density at radius 1 is 1.00 bits per heavy atom. The molecule has 2 aromatic carbocycles. The fourth-order valence-electron chi connectivity index (χ4n) is 2.29. The molecule has 2 rings (SSSR count). The number of carbonyl (C=O) groups excluding carboxylic acids is 2. The summed E-state index contributed by atoms with van der Waals surface area (Å²) in [6.07, 6.45) is 1.65. The van der Waals surface area contributed by atoms with Crippen LogP contribution in [0.2, 0.25) is 5.02 Å². The van der Waals surface area contributed by atoms with Crippen molar-refractivity contribution in [3.05, 3.63) is 76.4 Å². The maximum atomic E-state index is 12.8. The van der Waals surface area contributed by atoms with Gasteiger partial charge >= 0.3 is 0 Å². The van der Waals surface area contributed by atoms with Gasteiger partial charge in [-0.1, -0.05) is 74.8 Å². The Morgan fingerprint density at radius 2 is 1.59 bits per heavy atom. The van der Waals surface area contributed by atoms with E-state index in [9.17, 15) is 9.59 Å². The van der Waals surface area contributed by atoms with Crippen LogP contribution >= 0.6 is 11.6 Å². The van der Waals surface area contributed by atoms with Crippen molar-refractivity contribution in [1.29, 1.82) is 0 Å². The first-order chi connectivity index (χ1) is 12.7. The third-order valence-corrected chi connectivity index (χ3v) is 4.25. The molecule has 0 radical (unpaired) electrons. The fourth-order valence-corrected chi connectivity index (χ4v) is 2.42. The van der Waals surface area contributed by atoms with Crippen LogP contribution in [0.15, 0.2) is 60.3 Å². The third kappa shape index (κ3) is 6.26. The summed E-state index contributed by atoms with van der Waals surface area (Å²) in [5.41, 5.74) is 1.33. The molecule has 1 unspecified atom stereocenters. The van der Waals surface area contributed by atoms with Gasteiger partial charge < -0.3 is 10.6 Å². The summed E-state index contributed by atoms with van der Waals surface area (Å²) >= 11 is 5.92. The minimum absolute atomic E-state index is 0.194. The van der Waals surface area contributed by atoms with E-state index in [1.165, 1.54) is 0 Å². The van der Waals surface area contributed by atoms with Gasteiger partial charge in [0.2, 0.25) is 5.91 Å². The lowest BCUT2D eigenvalue weighted by molar-refractivity contribution is -0.129. The highest BCUT2D eigenvalue weighted by Crippen LogP contribution is 2.17. The summed E-state index contributed by atoms with van der Waals surface area (Å²) in [6.45, 7) is 7.30. The van der Waals surface area contributed by atoms with E-state index in [2.05, 4.69) is 10.6 Å². The van der Waals surface area contributed by atoms with Crippen molar-refractivity contribution in [1.82, 2.24) is 10.6 Å². The van der Waals surface area contributed by atoms with Gasteiger partial charge in [-0.05, 0) is 36.3 Å². The van der Waals surface area contributed by atoms with E-state index in [1.807, 2.05) is 37.3 Å². The molecule has 2 amide bonds. The van der Waals surface area contributed by atoms with Crippen LogP contribution in [0.1, 0.15) is 44.9 Å². The number of hydrogen-bond acceptors (Lipinski definition) is 2. The maximum Gasteiger partial charge on any atom is 0.268 e. The second-order valence-corrected chi connectivity index (χ2v) is 7.86. The van der Waals surface area contributed by atoms with Gasteiger partial charge in [-0.15, -0.1) is 0 Å². The van der Waals surface area contributed by atoms with Crippen molar-refractivity contribution < 1.29 is 9.59 Å². The number of rotatable bonds is 5. The summed E-state index contributed by atoms with van der Waals surface area (Å²) in [5.74, 6) is -0.580. The van der Waals surface area contributed by atoms with Crippen LogP contribution in [-0.2, 0) is 9.59 Å². The molecule has 2 aromatic rings. The lowest BCUT2D eigenvalue weighted by atomic mass is 9.95. The molecule has 0 saturated heterocycles. The fraction of sp³-hybridized carbons (Fsp3) is 0.273. The number of hydrogen-bond donors (Lipinski definition) is 2. The van der Waals surface area contributed by atoms with Crippen LogP contribution < -0.4 is 10.6 Å². The minimum atomic E-state index is -0.621. The Kier molecular flexibility index (Phi) is 6.81. The molecule has 0 aliphatic carbocycles. The summed E-state index contributed by atoms with van der Waals surface area (Å²) in [7, 11) is 0. The first kappa shape index (κ1) is 20.7. The monoisotopic (exact) mass is 384 g/mol. The van der Waals surface area contributed by atoms with Gasteiger partial charge in [-0.3, -0.25) is 9.59 Å². The maximum absolute atomic E-state index is 12.8. The quantitative estimate of drug-likeness (QED) is 0.733. The molecule has 0 fully saturated rings. The predicted molar refractivity (Wildman–Crippen MR) is 110 cm³/mol. The second-order valence-electron chi connectivity index (χ2n) is 7.42. The van der Waals surface area contributed by atoms with E-state index in [4.69, 9.17) is 11.6 Å². The zero-order valence-corrected chi connectivity index (χ0v) is 16.8. The van der Waals surface area contributed by atoms with Crippen LogP contribution in [-0.4, -0.2) is 11.8 Å². The van der Waals surface area contributed by atoms with Crippen LogP contribution in [0.3, 0.4) is 0 Å². The van der Waals surface area contributed by atoms with E-state index >= 15 is 0 Å². The van der Waals surface area contributed by atoms with Crippen LogP contribution in [0.25, 0.3) is 6.08 Å². The molecule has 1 atom stereocenters. The lowest BCUT2D eigenvalue weighted by Crippen LogP contribution is -2.40. The summed E-state index contributed by atoms with van der Waals surface area (Å²) in [4.78, 5) is 25.3. The zero-order valence-electron chi connectivity index (χ0n) is 16.0. The number of halogens is 1.